The maximum Gasteiger partial charge on any atom is 0.436 e. The molecule has 0 aromatic heterocycles. The second-order valence-corrected chi connectivity index (χ2v) is 21.2. The Hall–Kier alpha value is -4.34. The molecule has 0 spiro atoms. The van der Waals surface area contributed by atoms with E-state index in [0.717, 1.165) is 50.2 Å². The summed E-state index contributed by atoms with van der Waals surface area (Å²) in [5.41, 5.74) is 0.379. The maximum atomic E-state index is 12.1. The third kappa shape index (κ3) is 10.5. The van der Waals surface area contributed by atoms with E-state index in [4.69, 9.17) is 0 Å². The van der Waals surface area contributed by atoms with Crippen LogP contribution < -0.4 is 5.11 Å². The molecule has 0 unspecified atom stereocenters. The quantitative estimate of drug-likeness (QED) is 0.181. The molecule has 1 saturated carbocycles. The SMILES string of the molecule is CC(C)(C)c1cc(C=[N+]2[Co][N+](=Cc3cc(C(C)(C)C)cc(C(C)(C)c4ccccc4)c3O)[C@@H]3CCCC[C@H]32)c(O)c(C(C)(C)c2ccccc2)c1.[O-]C(F)(F)C(F)(C(F)(F)F)C(F)(F)F. The minimum Gasteiger partial charge on any atom is -0.795 e. The van der Waals surface area contributed by atoms with Crippen LogP contribution in [0.4, 0.5) is 39.5 Å². The topological polar surface area (TPSA) is 69.5 Å². The van der Waals surface area contributed by atoms with Gasteiger partial charge in [0.2, 0.25) is 6.11 Å². The molecular weight excluding hydrogens is 906 g/mol. The van der Waals surface area contributed by atoms with Crippen molar-refractivity contribution in [2.75, 3.05) is 0 Å². The van der Waals surface area contributed by atoms with Crippen molar-refractivity contribution >= 4 is 12.4 Å². The number of aromatic hydroxyl groups is 2. The van der Waals surface area contributed by atoms with E-state index in [-0.39, 0.29) is 21.7 Å². The summed E-state index contributed by atoms with van der Waals surface area (Å²) in [6, 6.07) is 30.4. The molecule has 4 aromatic carbocycles. The van der Waals surface area contributed by atoms with E-state index in [1.165, 1.54) is 35.1 Å². The minimum absolute atomic E-state index is 0.0890. The number of hydrogen-bond acceptors (Lipinski definition) is 3. The van der Waals surface area contributed by atoms with Gasteiger partial charge in [0.15, 0.2) is 0 Å². The summed E-state index contributed by atoms with van der Waals surface area (Å²) >= 11 is 1.07. The van der Waals surface area contributed by atoms with Gasteiger partial charge in [-0.2, -0.15) is 26.3 Å². The fourth-order valence-corrected chi connectivity index (χ4v) is 9.78. The van der Waals surface area contributed by atoms with Gasteiger partial charge in [-0.3, -0.25) is 0 Å². The summed E-state index contributed by atoms with van der Waals surface area (Å²) in [5, 5.41) is 33.4. The number of rotatable bonds is 7. The van der Waals surface area contributed by atoms with Crippen LogP contribution >= 0.6 is 0 Å². The average molecular weight is 965 g/mol. The standard InChI is InChI=1S/C46H58N2O2.C4F9O.Co/c1-43(2,3)35-25-31(41(49)37(27-35)45(7,8)33-19-13-11-14-20-33)29-47-39-23-17-18-24-40(39)48-30-32-26-36(44(4,5)6)28-38(42(32)50)46(9,10)34-21-15-12-16-22-34;5-1(2(6,7)8,3(9,10)11)4(12,13)14;/h11-16,19-22,25-30,39-40,49-50H,17-18,23-24H2,1-10H3;;/q;-1;+2/t39-,40-;;/m1../s1. The van der Waals surface area contributed by atoms with E-state index < -0.39 is 24.1 Å². The normalized spacial score (nSPS) is 19.4. The van der Waals surface area contributed by atoms with Crippen molar-refractivity contribution in [3.63, 3.8) is 0 Å². The van der Waals surface area contributed by atoms with Crippen LogP contribution in [0.15, 0.2) is 84.9 Å². The van der Waals surface area contributed by atoms with Gasteiger partial charge in [0, 0.05) is 0 Å². The van der Waals surface area contributed by atoms with Crippen molar-refractivity contribution in [2.24, 2.45) is 0 Å². The van der Waals surface area contributed by atoms with Gasteiger partial charge < -0.3 is 5.11 Å². The van der Waals surface area contributed by atoms with Crippen LogP contribution in [0.1, 0.15) is 139 Å². The van der Waals surface area contributed by atoms with Crippen LogP contribution in [0.2, 0.25) is 0 Å². The number of benzene rings is 4. The average Bonchev–Trinajstić information content (AvgIpc) is 3.54. The first-order valence-corrected chi connectivity index (χ1v) is 22.2. The van der Waals surface area contributed by atoms with Crippen LogP contribution in [0, 0.1) is 0 Å². The number of alkyl halides is 9. The number of hydrogen-bond donors (Lipinski definition) is 2. The summed E-state index contributed by atoms with van der Waals surface area (Å²) in [6.07, 6.45) is -11.9. The summed E-state index contributed by atoms with van der Waals surface area (Å²) in [5.74, 6) is 0.703. The predicted molar refractivity (Wildman–Crippen MR) is 229 cm³/mol. The first kappa shape index (κ1) is 51.6. The molecule has 1 saturated heterocycles. The van der Waals surface area contributed by atoms with Crippen LogP contribution in [0.5, 0.6) is 11.5 Å². The van der Waals surface area contributed by atoms with E-state index in [1.807, 2.05) is 12.1 Å². The van der Waals surface area contributed by atoms with Gasteiger partial charge in [0.25, 0.3) is 0 Å². The molecule has 1 aliphatic carbocycles. The second-order valence-electron chi connectivity index (χ2n) is 20.0. The van der Waals surface area contributed by atoms with Crippen molar-refractivity contribution in [3.05, 3.63) is 129 Å². The van der Waals surface area contributed by atoms with E-state index in [2.05, 4.69) is 162 Å². The summed E-state index contributed by atoms with van der Waals surface area (Å²) in [6.45, 7) is 22.3. The zero-order chi connectivity index (χ0) is 48.9. The van der Waals surface area contributed by atoms with E-state index in [1.54, 1.807) is 0 Å². The number of phenols is 2. The molecule has 6 rings (SSSR count). The van der Waals surface area contributed by atoms with Gasteiger partial charge in [0.05, 0.1) is 0 Å². The van der Waals surface area contributed by atoms with Crippen LogP contribution in [0.25, 0.3) is 0 Å². The van der Waals surface area contributed by atoms with E-state index >= 15 is 0 Å². The molecule has 2 atom stereocenters. The molecular formula is C50H58CoF9N2O3+. The van der Waals surface area contributed by atoms with Crippen LogP contribution in [-0.2, 0) is 36.8 Å². The zero-order valence-corrected chi connectivity index (χ0v) is 39.2. The van der Waals surface area contributed by atoms with E-state index in [9.17, 15) is 54.8 Å². The first-order chi connectivity index (χ1) is 29.6. The Kier molecular flexibility index (Phi) is 14.3. The molecule has 5 nitrogen and oxygen atoms in total. The first-order valence-electron chi connectivity index (χ1n) is 21.3. The molecule has 0 amide bonds. The molecule has 0 radical (unpaired) electrons. The molecule has 357 valence electrons. The predicted octanol–water partition coefficient (Wildman–Crippen LogP) is 11.9. The van der Waals surface area contributed by atoms with Crippen molar-refractivity contribution in [1.82, 2.24) is 0 Å². The Morgan fingerprint density at radius 2 is 0.846 bits per heavy atom. The minimum atomic E-state index is -7.08. The maximum absolute atomic E-state index is 12.1. The Morgan fingerprint density at radius 3 is 1.11 bits per heavy atom. The van der Waals surface area contributed by atoms with Gasteiger partial charge in [-0.15, -0.1) is 0 Å². The fraction of sp³-hybridized carbons (Fsp3) is 0.480. The van der Waals surface area contributed by atoms with Gasteiger partial charge in [-0.05, 0) is 0 Å². The molecule has 2 fully saturated rings. The molecule has 4 aromatic rings. The van der Waals surface area contributed by atoms with Crippen molar-refractivity contribution < 1.29 is 77.2 Å². The Labute approximate surface area is 382 Å². The number of nitrogens with zero attached hydrogens (tertiary/aromatic N) is 2. The monoisotopic (exact) mass is 964 g/mol. The van der Waals surface area contributed by atoms with Gasteiger partial charge in [0.1, 0.15) is 0 Å². The molecule has 2 N–H and O–H groups in total. The molecule has 2 aliphatic rings. The van der Waals surface area contributed by atoms with Gasteiger partial charge >= 0.3 is 333 Å². The summed E-state index contributed by atoms with van der Waals surface area (Å²) < 4.78 is 108. The van der Waals surface area contributed by atoms with Crippen molar-refractivity contribution in [3.8, 4) is 11.5 Å². The van der Waals surface area contributed by atoms with E-state index in [0.29, 0.717) is 23.6 Å². The Morgan fingerprint density at radius 1 is 0.523 bits per heavy atom. The number of fused-ring (bicyclic) bond motifs is 1. The second kappa shape index (κ2) is 18.0. The molecule has 0 bridgehead atoms. The fourth-order valence-electron chi connectivity index (χ4n) is 8.15. The third-order valence-corrected chi connectivity index (χ3v) is 13.9. The van der Waals surface area contributed by atoms with Crippen LogP contribution in [-0.4, -0.2) is 66.1 Å². The molecule has 15 heteroatoms. The third-order valence-electron chi connectivity index (χ3n) is 12.5. The smallest absolute Gasteiger partial charge is 0.436 e. The van der Waals surface area contributed by atoms with Crippen molar-refractivity contribution in [2.45, 2.75) is 153 Å². The Balaban J connectivity index is 0.000000489. The largest absolute Gasteiger partial charge is 0.795 e. The summed E-state index contributed by atoms with van der Waals surface area (Å²) in [4.78, 5) is 0. The summed E-state index contributed by atoms with van der Waals surface area (Å²) in [7, 11) is 0. The van der Waals surface area contributed by atoms with Crippen molar-refractivity contribution in [1.29, 1.82) is 0 Å². The Bertz CT molecular complexity index is 2210. The molecule has 1 heterocycles. The number of phenolic OH excluding ortho intramolecular Hbond substituents is 2. The van der Waals surface area contributed by atoms with Gasteiger partial charge in [-0.25, -0.2) is 13.2 Å². The molecule has 65 heavy (non-hydrogen) atoms. The zero-order valence-electron chi connectivity index (χ0n) is 38.2. The van der Waals surface area contributed by atoms with Crippen LogP contribution in [0.3, 0.4) is 0 Å². The number of halogens is 9. The molecule has 1 aliphatic heterocycles. The van der Waals surface area contributed by atoms with Gasteiger partial charge in [-0.1, -0.05) is 0 Å².